The van der Waals surface area contributed by atoms with Crippen molar-refractivity contribution < 1.29 is 26.0 Å². The lowest BCUT2D eigenvalue weighted by Gasteiger charge is -2.28. The topological polar surface area (TPSA) is 97.0 Å². The highest BCUT2D eigenvalue weighted by Crippen LogP contribution is 2.35. The smallest absolute Gasteiger partial charge is 0.444 e. The van der Waals surface area contributed by atoms with Gasteiger partial charge in [0, 0.05) is 38.3 Å². The molecule has 0 bridgehead atoms. The van der Waals surface area contributed by atoms with E-state index in [9.17, 15) is 17.1 Å². The zero-order valence-corrected chi connectivity index (χ0v) is 17.7. The molecule has 1 aromatic rings. The van der Waals surface area contributed by atoms with Gasteiger partial charge in [-0.1, -0.05) is 3.89 Å². The van der Waals surface area contributed by atoms with Crippen LogP contribution in [0.3, 0.4) is 0 Å². The zero-order chi connectivity index (χ0) is 21.1. The van der Waals surface area contributed by atoms with Crippen molar-refractivity contribution in [1.82, 2.24) is 10.2 Å². The third-order valence-electron chi connectivity index (χ3n) is 4.31. The van der Waals surface area contributed by atoms with Gasteiger partial charge in [0.2, 0.25) is 0 Å². The summed E-state index contributed by atoms with van der Waals surface area (Å²) in [5.74, 6) is -0.124. The van der Waals surface area contributed by atoms with Gasteiger partial charge in [0.05, 0.1) is 5.69 Å². The maximum atomic E-state index is 13.3. The van der Waals surface area contributed by atoms with E-state index in [0.29, 0.717) is 23.4 Å². The van der Waals surface area contributed by atoms with Crippen LogP contribution in [0.25, 0.3) is 0 Å². The van der Waals surface area contributed by atoms with Crippen molar-refractivity contribution in [3.63, 3.8) is 0 Å². The van der Waals surface area contributed by atoms with Gasteiger partial charge in [-0.05, 0) is 51.8 Å². The van der Waals surface area contributed by atoms with Gasteiger partial charge in [-0.3, -0.25) is 10.2 Å². The average molecular weight is 418 g/mol. The van der Waals surface area contributed by atoms with E-state index in [1.54, 1.807) is 40.7 Å². The Balaban J connectivity index is 2.40. The molecular weight excluding hydrogens is 389 g/mol. The van der Waals surface area contributed by atoms with Crippen LogP contribution in [0.2, 0.25) is 0 Å². The summed E-state index contributed by atoms with van der Waals surface area (Å²) in [5.41, 5.74) is 1.15. The van der Waals surface area contributed by atoms with Crippen LogP contribution >= 0.6 is 0 Å². The van der Waals surface area contributed by atoms with Gasteiger partial charge in [-0.25, -0.2) is 4.79 Å². The number of carbonyl (C=O) groups is 1. The van der Waals surface area contributed by atoms with Gasteiger partial charge in [0.1, 0.15) is 5.60 Å². The van der Waals surface area contributed by atoms with Crippen LogP contribution in [0, 0.1) is 13.8 Å². The lowest BCUT2D eigenvalue weighted by Crippen LogP contribution is -2.43. The van der Waals surface area contributed by atoms with E-state index in [-0.39, 0.29) is 5.75 Å². The van der Waals surface area contributed by atoms with E-state index in [1.807, 2.05) is 0 Å². The first-order valence-corrected chi connectivity index (χ1v) is 10.4. The number of halogens is 1. The minimum atomic E-state index is -5.21. The molecule has 28 heavy (non-hydrogen) atoms. The molecule has 1 aliphatic heterocycles. The van der Waals surface area contributed by atoms with Gasteiger partial charge < -0.3 is 14.2 Å². The van der Waals surface area contributed by atoms with Crippen LogP contribution in [0.4, 0.5) is 14.4 Å². The third-order valence-corrected chi connectivity index (χ3v) is 4.67. The quantitative estimate of drug-likeness (QED) is 0.711. The molecule has 0 spiro atoms. The fourth-order valence-corrected chi connectivity index (χ4v) is 3.43. The summed E-state index contributed by atoms with van der Waals surface area (Å²) >= 11 is 0. The molecule has 1 fully saturated rings. The SMILES string of the molecule is Cc1c(CN2CCNCC2)cc(NC(=O)OC(C)(C)C)c(C)c1OS(=O)(=O)F. The van der Waals surface area contributed by atoms with E-state index >= 15 is 0 Å². The number of hydrogen-bond donors (Lipinski definition) is 2. The summed E-state index contributed by atoms with van der Waals surface area (Å²) in [5, 5.41) is 5.87. The number of anilines is 1. The van der Waals surface area contributed by atoms with Gasteiger partial charge in [0.25, 0.3) is 0 Å². The van der Waals surface area contributed by atoms with Crippen LogP contribution in [0.15, 0.2) is 6.07 Å². The molecule has 1 aromatic carbocycles. The van der Waals surface area contributed by atoms with Crippen molar-refractivity contribution in [2.24, 2.45) is 0 Å². The molecule has 0 unspecified atom stereocenters. The number of amides is 1. The van der Waals surface area contributed by atoms with Crippen molar-refractivity contribution in [2.75, 3.05) is 31.5 Å². The van der Waals surface area contributed by atoms with Crippen LogP contribution in [0.1, 0.15) is 37.5 Å². The minimum absolute atomic E-state index is 0.124. The number of nitrogens with one attached hydrogen (secondary N) is 2. The first kappa shape index (κ1) is 22.4. The maximum Gasteiger partial charge on any atom is 0.488 e. The number of piperazine rings is 1. The van der Waals surface area contributed by atoms with Gasteiger partial charge in [0.15, 0.2) is 5.75 Å². The molecule has 10 heteroatoms. The predicted octanol–water partition coefficient (Wildman–Crippen LogP) is 2.65. The van der Waals surface area contributed by atoms with Crippen molar-refractivity contribution in [2.45, 2.75) is 46.8 Å². The molecule has 1 aliphatic rings. The minimum Gasteiger partial charge on any atom is -0.444 e. The molecule has 0 saturated carbocycles. The number of hydrogen-bond acceptors (Lipinski definition) is 7. The molecule has 2 N–H and O–H groups in total. The summed E-state index contributed by atoms with van der Waals surface area (Å²) in [7, 11) is -5.21. The van der Waals surface area contributed by atoms with Gasteiger partial charge in [-0.2, -0.15) is 8.42 Å². The highest BCUT2D eigenvalue weighted by atomic mass is 32.3. The standard InChI is InChI=1S/C18H28FN3O5S/c1-12-14(11-22-8-6-20-7-9-22)10-15(21-17(23)26-18(3,4)5)13(2)16(12)27-28(19,24)25/h10,20H,6-9,11H2,1-5H3,(H,21,23). The second-order valence-corrected chi connectivity index (χ2v) is 8.74. The van der Waals surface area contributed by atoms with Crippen LogP contribution in [0.5, 0.6) is 5.75 Å². The summed E-state index contributed by atoms with van der Waals surface area (Å²) in [4.78, 5) is 14.4. The molecule has 2 rings (SSSR count). The fourth-order valence-electron chi connectivity index (χ4n) is 2.98. The van der Waals surface area contributed by atoms with Crippen molar-refractivity contribution >= 4 is 22.3 Å². The Bertz CT molecular complexity index is 831. The summed E-state index contributed by atoms with van der Waals surface area (Å²) in [6.07, 6.45) is -0.693. The molecule has 8 nitrogen and oxygen atoms in total. The molecule has 0 aliphatic carbocycles. The predicted molar refractivity (Wildman–Crippen MR) is 105 cm³/mol. The van der Waals surface area contributed by atoms with Crippen LogP contribution in [-0.4, -0.2) is 51.2 Å². The maximum absolute atomic E-state index is 13.3. The Hall–Kier alpha value is -1.91. The summed E-state index contributed by atoms with van der Waals surface area (Å²) < 4.78 is 45.3. The van der Waals surface area contributed by atoms with E-state index < -0.39 is 22.2 Å². The van der Waals surface area contributed by atoms with E-state index in [2.05, 4.69) is 19.7 Å². The van der Waals surface area contributed by atoms with Gasteiger partial charge in [-0.15, -0.1) is 0 Å². The largest absolute Gasteiger partial charge is 0.488 e. The molecule has 1 saturated heterocycles. The molecule has 0 atom stereocenters. The fraction of sp³-hybridized carbons (Fsp3) is 0.611. The van der Waals surface area contributed by atoms with Crippen LogP contribution in [-0.2, 0) is 21.8 Å². The number of benzene rings is 1. The van der Waals surface area contributed by atoms with E-state index in [0.717, 1.165) is 31.7 Å². The molecule has 158 valence electrons. The summed E-state index contributed by atoms with van der Waals surface area (Å²) in [6, 6.07) is 1.74. The average Bonchev–Trinajstić information content (AvgIpc) is 2.54. The zero-order valence-electron chi connectivity index (χ0n) is 16.9. The van der Waals surface area contributed by atoms with Crippen molar-refractivity contribution in [3.8, 4) is 5.75 Å². The van der Waals surface area contributed by atoms with Crippen LogP contribution < -0.4 is 14.8 Å². The Morgan fingerprint density at radius 1 is 1.25 bits per heavy atom. The monoisotopic (exact) mass is 417 g/mol. The van der Waals surface area contributed by atoms with Crippen molar-refractivity contribution in [1.29, 1.82) is 0 Å². The highest BCUT2D eigenvalue weighted by molar-refractivity contribution is 7.81. The van der Waals surface area contributed by atoms with E-state index in [4.69, 9.17) is 4.74 Å². The number of rotatable bonds is 5. The number of nitrogens with zero attached hydrogens (tertiary/aromatic N) is 1. The second kappa shape index (κ2) is 8.62. The molecule has 1 amide bonds. The second-order valence-electron chi connectivity index (χ2n) is 7.79. The Kier molecular flexibility index (Phi) is 6.89. The Morgan fingerprint density at radius 2 is 1.86 bits per heavy atom. The van der Waals surface area contributed by atoms with E-state index in [1.165, 1.54) is 0 Å². The summed E-state index contributed by atoms with van der Waals surface area (Å²) in [6.45, 7) is 12.3. The third kappa shape index (κ3) is 6.61. The lowest BCUT2D eigenvalue weighted by molar-refractivity contribution is 0.0636. The molecule has 0 radical (unpaired) electrons. The molecule has 0 aromatic heterocycles. The highest BCUT2D eigenvalue weighted by Gasteiger charge is 2.23. The molecule has 1 heterocycles. The van der Waals surface area contributed by atoms with Crippen molar-refractivity contribution in [3.05, 3.63) is 22.8 Å². The Labute approximate surface area is 165 Å². The first-order valence-electron chi connectivity index (χ1n) is 9.06. The Morgan fingerprint density at radius 3 is 2.39 bits per heavy atom. The number of carbonyl (C=O) groups excluding carboxylic acids is 1. The lowest BCUT2D eigenvalue weighted by atomic mass is 10.0. The number of ether oxygens (including phenoxy) is 1. The normalized spacial score (nSPS) is 15.9. The van der Waals surface area contributed by atoms with Gasteiger partial charge >= 0.3 is 16.6 Å². The first-order chi connectivity index (χ1) is 12.9. The molecular formula is C18H28FN3O5S.